The van der Waals surface area contributed by atoms with Gasteiger partial charge in [0.05, 0.1) is 0 Å². The summed E-state index contributed by atoms with van der Waals surface area (Å²) < 4.78 is 1.06. The number of aryl methyl sites for hydroxylation is 2. The SMILES string of the molecule is CCc1ccc2c(c1-c1ccccc1C(C)C)C=C(C(C)C)[CH]2[Zr]([Cl])([Cl])([c]1cccc2c1[SiH2]c1ccccc1-2)[CH]1C(C(C)C)=Cc2c1ccc(CC)c2-c1ccccc1C(C)C. The molecule has 317 valence electrons. The standard InChI is InChI=1S/2C23H27.C12H9Si.2ClH.Zr/c2*1-6-17-11-12-18-13-19(15(2)3)14-22(18)23(17)21-10-8-7-9-20(21)16(4)5;1-3-7-11-9(5-1)10-6-2-4-8-12(10)13-11;;;/h2*7-16H,6H2,1-5H3;1-7H,13H2;2*1H;/q;;;;;+2/p-2. The molecule has 1 heterocycles. The van der Waals surface area contributed by atoms with E-state index < -0.39 is 25.9 Å². The van der Waals surface area contributed by atoms with Gasteiger partial charge in [-0.05, 0) is 0 Å². The first kappa shape index (κ1) is 43.7. The first-order chi connectivity index (χ1) is 29.7. The maximum absolute atomic E-state index is 9.52. The molecule has 0 fully saturated rings. The van der Waals surface area contributed by atoms with Crippen LogP contribution in [-0.4, -0.2) is 9.52 Å². The molecule has 3 aliphatic rings. The fourth-order valence-corrected chi connectivity index (χ4v) is 40.2. The Bertz CT molecular complexity index is 2680. The summed E-state index contributed by atoms with van der Waals surface area (Å²) in [5.41, 5.74) is 21.8. The van der Waals surface area contributed by atoms with E-state index in [0.717, 1.165) is 12.8 Å². The molecule has 0 saturated carbocycles. The van der Waals surface area contributed by atoms with Gasteiger partial charge in [0.15, 0.2) is 0 Å². The Labute approximate surface area is 383 Å². The van der Waals surface area contributed by atoms with Gasteiger partial charge in [0.25, 0.3) is 0 Å². The Morgan fingerprint density at radius 1 is 0.484 bits per heavy atom. The van der Waals surface area contributed by atoms with E-state index in [4.69, 9.17) is 0 Å². The van der Waals surface area contributed by atoms with Crippen molar-refractivity contribution in [2.24, 2.45) is 11.8 Å². The average Bonchev–Trinajstić information content (AvgIpc) is 3.99. The quantitative estimate of drug-likeness (QED) is 0.113. The topological polar surface area (TPSA) is 0 Å². The predicted molar refractivity (Wildman–Crippen MR) is 273 cm³/mol. The number of benzene rings is 6. The molecule has 62 heavy (non-hydrogen) atoms. The molecule has 2 aliphatic carbocycles. The molecule has 0 amide bonds. The molecule has 0 saturated heterocycles. The van der Waals surface area contributed by atoms with Gasteiger partial charge < -0.3 is 0 Å². The van der Waals surface area contributed by atoms with Crippen molar-refractivity contribution in [2.45, 2.75) is 101 Å². The fourth-order valence-electron chi connectivity index (χ4n) is 12.0. The van der Waals surface area contributed by atoms with Crippen molar-refractivity contribution >= 4 is 52.3 Å². The van der Waals surface area contributed by atoms with Crippen molar-refractivity contribution in [1.29, 1.82) is 0 Å². The van der Waals surface area contributed by atoms with Crippen molar-refractivity contribution in [3.63, 3.8) is 0 Å². The third kappa shape index (κ3) is 6.67. The van der Waals surface area contributed by atoms with Crippen LogP contribution >= 0.6 is 17.0 Å². The summed E-state index contributed by atoms with van der Waals surface area (Å²) in [5.74, 6) is 1.26. The Hall–Kier alpha value is -3.52. The number of halogens is 2. The second-order valence-corrected chi connectivity index (χ2v) is 42.1. The van der Waals surface area contributed by atoms with E-state index in [9.17, 15) is 17.0 Å². The summed E-state index contributed by atoms with van der Waals surface area (Å²) in [4.78, 5) is 0. The second kappa shape index (κ2) is 16.5. The van der Waals surface area contributed by atoms with E-state index in [1.54, 1.807) is 0 Å². The van der Waals surface area contributed by atoms with Gasteiger partial charge >= 0.3 is 386 Å². The molecule has 0 N–H and O–H groups in total. The van der Waals surface area contributed by atoms with E-state index in [1.165, 1.54) is 103 Å². The van der Waals surface area contributed by atoms with Crippen LogP contribution in [0.5, 0.6) is 0 Å². The molecule has 9 rings (SSSR count). The molecule has 2 atom stereocenters. The monoisotopic (exact) mass is 947 g/mol. The van der Waals surface area contributed by atoms with Crippen molar-refractivity contribution < 1.29 is 16.4 Å². The van der Waals surface area contributed by atoms with Gasteiger partial charge in [0, 0.05) is 0 Å². The molecule has 0 radical (unpaired) electrons. The van der Waals surface area contributed by atoms with Gasteiger partial charge in [0.1, 0.15) is 0 Å². The van der Waals surface area contributed by atoms with E-state index in [0.29, 0.717) is 11.8 Å². The zero-order valence-corrected chi connectivity index (χ0v) is 43.8. The molecule has 0 bridgehead atoms. The van der Waals surface area contributed by atoms with Crippen molar-refractivity contribution in [2.75, 3.05) is 0 Å². The van der Waals surface area contributed by atoms with Crippen LogP contribution in [0.2, 0.25) is 0 Å². The Kier molecular flexibility index (Phi) is 11.6. The third-order valence-electron chi connectivity index (χ3n) is 14.9. The summed E-state index contributed by atoms with van der Waals surface area (Å²) in [6, 6.07) is 44.2. The minimum atomic E-state index is -5.74. The number of hydrogen-bond donors (Lipinski definition) is 0. The van der Waals surface area contributed by atoms with Gasteiger partial charge in [-0.15, -0.1) is 0 Å². The van der Waals surface area contributed by atoms with Gasteiger partial charge in [-0.25, -0.2) is 0 Å². The third-order valence-corrected chi connectivity index (χ3v) is 37.5. The first-order valence-electron chi connectivity index (χ1n) is 23.4. The van der Waals surface area contributed by atoms with Crippen LogP contribution in [0.25, 0.3) is 45.5 Å². The second-order valence-electron chi connectivity index (χ2n) is 19.7. The van der Waals surface area contributed by atoms with E-state index in [-0.39, 0.29) is 19.1 Å². The predicted octanol–water partition coefficient (Wildman–Crippen LogP) is 14.7. The summed E-state index contributed by atoms with van der Waals surface area (Å²) in [5, 5.41) is 2.97. The van der Waals surface area contributed by atoms with Crippen LogP contribution in [0.3, 0.4) is 0 Å². The Balaban J connectivity index is 1.42. The van der Waals surface area contributed by atoms with Crippen molar-refractivity contribution in [3.05, 3.63) is 171 Å². The van der Waals surface area contributed by atoms with Crippen LogP contribution in [0.1, 0.15) is 133 Å². The summed E-state index contributed by atoms with van der Waals surface area (Å²) in [6.45, 7) is 23.4. The van der Waals surface area contributed by atoms with Crippen LogP contribution < -0.4 is 13.6 Å². The fraction of sp³-hybridized carbons (Fsp3) is 0.310. The molecule has 6 aromatic carbocycles. The number of hydrogen-bond acceptors (Lipinski definition) is 0. The maximum atomic E-state index is 9.52. The van der Waals surface area contributed by atoms with Crippen LogP contribution in [0, 0.1) is 11.8 Å². The molecule has 2 unspecified atom stereocenters. The molecule has 6 aromatic rings. The number of fused-ring (bicyclic) bond motifs is 5. The Morgan fingerprint density at radius 3 is 1.37 bits per heavy atom. The molecule has 0 nitrogen and oxygen atoms in total. The van der Waals surface area contributed by atoms with E-state index >= 15 is 0 Å². The molecule has 4 heteroatoms. The summed E-state index contributed by atoms with van der Waals surface area (Å²) in [6.07, 6.45) is 7.05. The number of allylic oxidation sites excluding steroid dienone is 2. The Morgan fingerprint density at radius 2 is 0.919 bits per heavy atom. The van der Waals surface area contributed by atoms with Gasteiger partial charge in [0.2, 0.25) is 0 Å². The van der Waals surface area contributed by atoms with Gasteiger partial charge in [-0.1, -0.05) is 0 Å². The molecular formula is C58H63Cl2SiZr. The van der Waals surface area contributed by atoms with Crippen LogP contribution in [0.15, 0.2) is 126 Å². The molecule has 0 aromatic heterocycles. The van der Waals surface area contributed by atoms with Gasteiger partial charge in [-0.2, -0.15) is 0 Å². The van der Waals surface area contributed by atoms with Crippen molar-refractivity contribution in [3.8, 4) is 33.4 Å². The first-order valence-corrected chi connectivity index (χ1v) is 35.2. The van der Waals surface area contributed by atoms with E-state index in [2.05, 4.69) is 197 Å². The van der Waals surface area contributed by atoms with Crippen LogP contribution in [-0.2, 0) is 29.2 Å². The molecular weight excluding hydrogens is 887 g/mol. The zero-order valence-electron chi connectivity index (χ0n) is 38.5. The zero-order chi connectivity index (χ0) is 43.9. The normalized spacial score (nSPS) is 17.6. The molecule has 1 aliphatic heterocycles. The van der Waals surface area contributed by atoms with Crippen molar-refractivity contribution in [1.82, 2.24) is 0 Å². The summed E-state index contributed by atoms with van der Waals surface area (Å²) >= 11 is -5.74. The number of rotatable bonds is 11. The molecule has 0 spiro atoms. The summed E-state index contributed by atoms with van der Waals surface area (Å²) in [7, 11) is 18.1. The minimum absolute atomic E-state index is 0.120. The average molecular weight is 950 g/mol. The van der Waals surface area contributed by atoms with Gasteiger partial charge in [-0.3, -0.25) is 0 Å². The van der Waals surface area contributed by atoms with Crippen LogP contribution in [0.4, 0.5) is 0 Å². The van der Waals surface area contributed by atoms with E-state index in [1.807, 2.05) is 0 Å².